The van der Waals surface area contributed by atoms with E-state index in [-0.39, 0.29) is 11.2 Å². The van der Waals surface area contributed by atoms with E-state index >= 15 is 0 Å². The minimum Gasteiger partial charge on any atom is -0.371 e. The van der Waals surface area contributed by atoms with Gasteiger partial charge < -0.3 is 5.32 Å². The summed E-state index contributed by atoms with van der Waals surface area (Å²) in [5.74, 6) is 0.609. The van der Waals surface area contributed by atoms with Crippen LogP contribution in [0, 0.1) is 0 Å². The van der Waals surface area contributed by atoms with E-state index in [9.17, 15) is 9.59 Å². The zero-order valence-corrected chi connectivity index (χ0v) is 17.9. The van der Waals surface area contributed by atoms with E-state index in [1.165, 1.54) is 101 Å². The summed E-state index contributed by atoms with van der Waals surface area (Å²) >= 11 is 0. The van der Waals surface area contributed by atoms with Crippen LogP contribution in [0.5, 0.6) is 0 Å². The molecule has 1 heterocycles. The van der Waals surface area contributed by atoms with E-state index in [4.69, 9.17) is 0 Å². The van der Waals surface area contributed by atoms with Crippen LogP contribution >= 0.6 is 0 Å². The average molecular weight is 380 g/mol. The van der Waals surface area contributed by atoms with E-state index < -0.39 is 0 Å². The van der Waals surface area contributed by atoms with Gasteiger partial charge >= 0.3 is 5.69 Å². The smallest absolute Gasteiger partial charge is 0.332 e. The summed E-state index contributed by atoms with van der Waals surface area (Å²) in [6.07, 6.45) is 18.8. The summed E-state index contributed by atoms with van der Waals surface area (Å²) in [5, 5.41) is 3.21. The fourth-order valence-corrected chi connectivity index (χ4v) is 3.44. The number of unbranched alkanes of at least 4 members (excludes halogenated alkanes) is 13. The van der Waals surface area contributed by atoms with E-state index in [0.717, 1.165) is 17.5 Å². The van der Waals surface area contributed by atoms with Crippen LogP contribution in [-0.2, 0) is 14.1 Å². The van der Waals surface area contributed by atoms with Gasteiger partial charge in [0.25, 0.3) is 5.56 Å². The van der Waals surface area contributed by atoms with Gasteiger partial charge in [0.2, 0.25) is 0 Å². The first-order valence-electron chi connectivity index (χ1n) is 11.1. The second kappa shape index (κ2) is 14.5. The normalized spacial score (nSPS) is 11.1. The summed E-state index contributed by atoms with van der Waals surface area (Å²) in [7, 11) is 3.19. The molecule has 5 heteroatoms. The molecule has 0 aliphatic carbocycles. The van der Waals surface area contributed by atoms with E-state index in [2.05, 4.69) is 12.2 Å². The summed E-state index contributed by atoms with van der Waals surface area (Å²) in [4.78, 5) is 23.5. The molecule has 0 bridgehead atoms. The third-order valence-electron chi connectivity index (χ3n) is 5.36. The van der Waals surface area contributed by atoms with Crippen LogP contribution in [0.15, 0.2) is 15.7 Å². The van der Waals surface area contributed by atoms with Crippen LogP contribution in [0.25, 0.3) is 0 Å². The molecule has 0 radical (unpaired) electrons. The maximum atomic E-state index is 11.9. The monoisotopic (exact) mass is 379 g/mol. The number of hydrogen-bond acceptors (Lipinski definition) is 3. The molecule has 0 atom stereocenters. The third-order valence-corrected chi connectivity index (χ3v) is 5.36. The molecule has 0 spiro atoms. The summed E-state index contributed by atoms with van der Waals surface area (Å²) in [6.45, 7) is 3.07. The predicted molar refractivity (Wildman–Crippen MR) is 116 cm³/mol. The number of nitrogens with zero attached hydrogens (tertiary/aromatic N) is 2. The van der Waals surface area contributed by atoms with Gasteiger partial charge in [-0.3, -0.25) is 13.9 Å². The predicted octanol–water partition coefficient (Wildman–Crippen LogP) is 4.98. The first-order chi connectivity index (χ1) is 13.1. The molecule has 0 aromatic carbocycles. The Balaban J connectivity index is 1.95. The van der Waals surface area contributed by atoms with Gasteiger partial charge in [0.1, 0.15) is 5.82 Å². The van der Waals surface area contributed by atoms with E-state index in [1.54, 1.807) is 7.05 Å². The van der Waals surface area contributed by atoms with Crippen molar-refractivity contribution < 1.29 is 0 Å². The topological polar surface area (TPSA) is 56.0 Å². The molecule has 1 N–H and O–H groups in total. The quantitative estimate of drug-likeness (QED) is 0.412. The van der Waals surface area contributed by atoms with Crippen molar-refractivity contribution in [2.45, 2.75) is 96.8 Å². The Labute approximate surface area is 165 Å². The molecule has 0 unspecified atom stereocenters. The summed E-state index contributed by atoms with van der Waals surface area (Å²) in [6, 6.07) is 1.49. The zero-order chi connectivity index (χ0) is 19.9. The number of nitrogens with one attached hydrogen (secondary N) is 1. The molecule has 0 aliphatic heterocycles. The number of anilines is 1. The molecule has 156 valence electrons. The highest BCUT2D eigenvalue weighted by atomic mass is 16.2. The second-order valence-electron chi connectivity index (χ2n) is 7.79. The van der Waals surface area contributed by atoms with Crippen LogP contribution in [0.3, 0.4) is 0 Å². The van der Waals surface area contributed by atoms with Crippen LogP contribution in [-0.4, -0.2) is 15.7 Å². The van der Waals surface area contributed by atoms with Gasteiger partial charge in [-0.15, -0.1) is 0 Å². The van der Waals surface area contributed by atoms with Crippen molar-refractivity contribution in [2.24, 2.45) is 14.1 Å². The molecule has 1 aromatic rings. The highest BCUT2D eigenvalue weighted by Crippen LogP contribution is 2.13. The molecule has 0 amide bonds. The largest absolute Gasteiger partial charge is 0.371 e. The Morgan fingerprint density at radius 3 is 1.63 bits per heavy atom. The second-order valence-corrected chi connectivity index (χ2v) is 7.79. The van der Waals surface area contributed by atoms with E-state index in [1.807, 2.05) is 0 Å². The summed E-state index contributed by atoms with van der Waals surface area (Å²) in [5.41, 5.74) is -0.549. The molecule has 0 saturated heterocycles. The van der Waals surface area contributed by atoms with Crippen LogP contribution < -0.4 is 16.6 Å². The Bertz CT molecular complexity index is 619. The highest BCUT2D eigenvalue weighted by molar-refractivity contribution is 5.33. The molecule has 0 fully saturated rings. The molecular formula is C22H41N3O2. The molecule has 0 aliphatic rings. The van der Waals surface area contributed by atoms with Gasteiger partial charge in [0, 0.05) is 26.7 Å². The van der Waals surface area contributed by atoms with Gasteiger partial charge in [-0.05, 0) is 6.42 Å². The van der Waals surface area contributed by atoms with Crippen molar-refractivity contribution in [1.82, 2.24) is 9.13 Å². The van der Waals surface area contributed by atoms with Gasteiger partial charge in [-0.25, -0.2) is 4.79 Å². The molecule has 1 aromatic heterocycles. The van der Waals surface area contributed by atoms with E-state index in [0.29, 0.717) is 5.82 Å². The first-order valence-corrected chi connectivity index (χ1v) is 11.1. The van der Waals surface area contributed by atoms with Crippen molar-refractivity contribution in [1.29, 1.82) is 0 Å². The Kier molecular flexibility index (Phi) is 12.7. The van der Waals surface area contributed by atoms with Crippen molar-refractivity contribution in [2.75, 3.05) is 11.9 Å². The number of aromatic nitrogens is 2. The van der Waals surface area contributed by atoms with Gasteiger partial charge in [-0.2, -0.15) is 0 Å². The highest BCUT2D eigenvalue weighted by Gasteiger charge is 2.04. The van der Waals surface area contributed by atoms with Gasteiger partial charge in [-0.1, -0.05) is 90.4 Å². The zero-order valence-electron chi connectivity index (χ0n) is 17.9. The van der Waals surface area contributed by atoms with Crippen LogP contribution in [0.1, 0.15) is 96.8 Å². The molecule has 27 heavy (non-hydrogen) atoms. The average Bonchev–Trinajstić information content (AvgIpc) is 2.67. The Morgan fingerprint density at radius 1 is 0.704 bits per heavy atom. The lowest BCUT2D eigenvalue weighted by atomic mass is 10.0. The Hall–Kier alpha value is -1.52. The lowest BCUT2D eigenvalue weighted by Crippen LogP contribution is -2.37. The molecule has 5 nitrogen and oxygen atoms in total. The molecule has 1 rings (SSSR count). The third kappa shape index (κ3) is 9.83. The fourth-order valence-electron chi connectivity index (χ4n) is 3.44. The summed E-state index contributed by atoms with van der Waals surface area (Å²) < 4.78 is 2.61. The molecule has 0 saturated carbocycles. The van der Waals surface area contributed by atoms with Crippen LogP contribution in [0.2, 0.25) is 0 Å². The van der Waals surface area contributed by atoms with Gasteiger partial charge in [0.05, 0.1) is 0 Å². The van der Waals surface area contributed by atoms with Crippen molar-refractivity contribution in [3.05, 3.63) is 26.9 Å². The minimum atomic E-state index is -0.286. The van der Waals surface area contributed by atoms with Gasteiger partial charge in [0.15, 0.2) is 0 Å². The lowest BCUT2D eigenvalue weighted by Gasteiger charge is -2.11. The Morgan fingerprint density at radius 2 is 1.15 bits per heavy atom. The standard InChI is InChI=1S/C22H41N3O2/c1-4-5-6-7-8-9-10-11-12-13-14-15-16-17-18-23-20-19-21(26)25(3)22(27)24(20)2/h19,23H,4-18H2,1-3H3. The maximum Gasteiger partial charge on any atom is 0.332 e. The maximum absolute atomic E-state index is 11.9. The van der Waals surface area contributed by atoms with Crippen LogP contribution in [0.4, 0.5) is 5.82 Å². The minimum absolute atomic E-state index is 0.262. The van der Waals surface area contributed by atoms with Crippen molar-refractivity contribution >= 4 is 5.82 Å². The van der Waals surface area contributed by atoms with Crippen molar-refractivity contribution in [3.63, 3.8) is 0 Å². The fraction of sp³-hybridized carbons (Fsp3) is 0.818. The first kappa shape index (κ1) is 23.5. The number of hydrogen-bond donors (Lipinski definition) is 1. The SMILES string of the molecule is CCCCCCCCCCCCCCCCNc1cc(=O)n(C)c(=O)n1C. The molecular weight excluding hydrogens is 338 g/mol. The number of rotatable bonds is 16. The lowest BCUT2D eigenvalue weighted by molar-refractivity contribution is 0.537. The van der Waals surface area contributed by atoms with Crippen molar-refractivity contribution in [3.8, 4) is 0 Å².